The van der Waals surface area contributed by atoms with Gasteiger partial charge in [-0.15, -0.1) is 0 Å². The minimum absolute atomic E-state index is 0.223. The van der Waals surface area contributed by atoms with Crippen molar-refractivity contribution in [2.24, 2.45) is 5.73 Å². The summed E-state index contributed by atoms with van der Waals surface area (Å²) < 4.78 is 1.78. The number of nitrogens with one attached hydrogen (secondary N) is 1. The number of aromatic nitrogens is 3. The molecule has 3 N–H and O–H groups in total. The third kappa shape index (κ3) is 3.47. The molecule has 132 valence electrons. The van der Waals surface area contributed by atoms with E-state index in [1.54, 1.807) is 23.1 Å². The van der Waals surface area contributed by atoms with Crippen LogP contribution in [0.5, 0.6) is 0 Å². The molecule has 0 aromatic carbocycles. The maximum Gasteiger partial charge on any atom is 0.315 e. The van der Waals surface area contributed by atoms with Gasteiger partial charge < -0.3 is 16.0 Å². The first-order chi connectivity index (χ1) is 11.8. The molecule has 0 saturated heterocycles. The average Bonchev–Trinajstić information content (AvgIpc) is 2.92. The van der Waals surface area contributed by atoms with Gasteiger partial charge in [0, 0.05) is 30.0 Å². The molecule has 3 rings (SSSR count). The van der Waals surface area contributed by atoms with E-state index in [1.165, 1.54) is 4.90 Å². The topological polar surface area (TPSA) is 106 Å². The predicted octanol–water partition coefficient (Wildman–Crippen LogP) is 1.37. The summed E-state index contributed by atoms with van der Waals surface area (Å²) in [6.45, 7) is 6.97. The summed E-state index contributed by atoms with van der Waals surface area (Å²) in [7, 11) is 0. The predicted molar refractivity (Wildman–Crippen MR) is 92.7 cm³/mol. The molecule has 3 amide bonds. The van der Waals surface area contributed by atoms with Crippen molar-refractivity contribution in [2.45, 2.75) is 39.4 Å². The van der Waals surface area contributed by atoms with Crippen LogP contribution in [0, 0.1) is 0 Å². The summed E-state index contributed by atoms with van der Waals surface area (Å²) in [5.74, 6) is -0.223. The van der Waals surface area contributed by atoms with Gasteiger partial charge in [-0.25, -0.2) is 4.79 Å². The van der Waals surface area contributed by atoms with E-state index < -0.39 is 11.6 Å². The molecule has 0 radical (unpaired) electrons. The molecule has 2 aromatic heterocycles. The number of urea groups is 1. The first-order valence-electron chi connectivity index (χ1n) is 8.13. The van der Waals surface area contributed by atoms with Crippen LogP contribution in [-0.4, -0.2) is 43.7 Å². The van der Waals surface area contributed by atoms with E-state index >= 15 is 0 Å². The smallest absolute Gasteiger partial charge is 0.315 e. The van der Waals surface area contributed by atoms with E-state index in [2.05, 4.69) is 15.4 Å². The molecule has 0 bridgehead atoms. The van der Waals surface area contributed by atoms with E-state index in [1.807, 2.05) is 26.8 Å². The molecule has 8 heteroatoms. The number of nitrogens with zero attached hydrogens (tertiary/aromatic N) is 4. The van der Waals surface area contributed by atoms with Crippen LogP contribution in [0.4, 0.5) is 4.79 Å². The standard InChI is InChI=1S/C17H22N6O2/c1-17(2,3)20-15(24)13-12-10-22(16(18)25)7-8-23(12)21-14(13)11-5-4-6-19-9-11/h4-6,9H,7-8,10H2,1-3H3,(H2,18,25)(H,20,24). The molecule has 8 nitrogen and oxygen atoms in total. The summed E-state index contributed by atoms with van der Waals surface area (Å²) >= 11 is 0. The molecular formula is C17H22N6O2. The molecule has 0 unspecified atom stereocenters. The molecule has 0 fully saturated rings. The number of primary amides is 1. The van der Waals surface area contributed by atoms with Crippen LogP contribution in [0.1, 0.15) is 36.8 Å². The Kier molecular flexibility index (Phi) is 4.20. The molecule has 3 heterocycles. The highest BCUT2D eigenvalue weighted by molar-refractivity contribution is 6.01. The fraction of sp³-hybridized carbons (Fsp3) is 0.412. The first kappa shape index (κ1) is 16.9. The zero-order chi connectivity index (χ0) is 18.2. The van der Waals surface area contributed by atoms with Crippen molar-refractivity contribution in [1.82, 2.24) is 25.0 Å². The maximum absolute atomic E-state index is 12.9. The second-order valence-electron chi connectivity index (χ2n) is 7.10. The lowest BCUT2D eigenvalue weighted by Crippen LogP contribution is -2.44. The Morgan fingerprint density at radius 3 is 2.64 bits per heavy atom. The highest BCUT2D eigenvalue weighted by atomic mass is 16.2. The lowest BCUT2D eigenvalue weighted by molar-refractivity contribution is 0.0916. The number of hydrogen-bond acceptors (Lipinski definition) is 4. The number of carbonyl (C=O) groups is 2. The van der Waals surface area contributed by atoms with Gasteiger partial charge in [-0.1, -0.05) is 0 Å². The Labute approximate surface area is 146 Å². The van der Waals surface area contributed by atoms with Gasteiger partial charge in [-0.3, -0.25) is 14.5 Å². The van der Waals surface area contributed by atoms with E-state index in [-0.39, 0.29) is 12.5 Å². The minimum Gasteiger partial charge on any atom is -0.351 e. The van der Waals surface area contributed by atoms with Crippen LogP contribution in [0.2, 0.25) is 0 Å². The van der Waals surface area contributed by atoms with E-state index in [0.29, 0.717) is 30.0 Å². The molecule has 0 aliphatic carbocycles. The van der Waals surface area contributed by atoms with Gasteiger partial charge in [0.1, 0.15) is 5.69 Å². The third-order valence-electron chi connectivity index (χ3n) is 3.94. The monoisotopic (exact) mass is 342 g/mol. The molecule has 2 aromatic rings. The third-order valence-corrected chi connectivity index (χ3v) is 3.94. The highest BCUT2D eigenvalue weighted by Gasteiger charge is 2.31. The Hall–Kier alpha value is -2.90. The molecule has 1 aliphatic heterocycles. The highest BCUT2D eigenvalue weighted by Crippen LogP contribution is 2.28. The lowest BCUT2D eigenvalue weighted by atomic mass is 10.0. The van der Waals surface area contributed by atoms with Crippen LogP contribution >= 0.6 is 0 Å². The van der Waals surface area contributed by atoms with Crippen LogP contribution < -0.4 is 11.1 Å². The summed E-state index contributed by atoms with van der Waals surface area (Å²) in [5, 5.41) is 7.58. The first-order valence-corrected chi connectivity index (χ1v) is 8.13. The van der Waals surface area contributed by atoms with Crippen molar-refractivity contribution in [3.05, 3.63) is 35.8 Å². The van der Waals surface area contributed by atoms with Crippen LogP contribution in [-0.2, 0) is 13.1 Å². The molecule has 0 saturated carbocycles. The molecule has 25 heavy (non-hydrogen) atoms. The number of rotatable bonds is 2. The van der Waals surface area contributed by atoms with Gasteiger partial charge in [-0.05, 0) is 32.9 Å². The largest absolute Gasteiger partial charge is 0.351 e. The summed E-state index contributed by atoms with van der Waals surface area (Å²) in [6.07, 6.45) is 3.34. The molecule has 0 atom stereocenters. The van der Waals surface area contributed by atoms with Gasteiger partial charge >= 0.3 is 6.03 Å². The quantitative estimate of drug-likeness (QED) is 0.859. The number of fused-ring (bicyclic) bond motifs is 1. The molecule has 0 spiro atoms. The van der Waals surface area contributed by atoms with Crippen LogP contribution in [0.25, 0.3) is 11.3 Å². The zero-order valence-corrected chi connectivity index (χ0v) is 14.6. The van der Waals surface area contributed by atoms with Gasteiger partial charge in [0.15, 0.2) is 0 Å². The second-order valence-corrected chi connectivity index (χ2v) is 7.10. The Bertz CT molecular complexity index is 807. The van der Waals surface area contributed by atoms with Crippen molar-refractivity contribution in [1.29, 1.82) is 0 Å². The minimum atomic E-state index is -0.502. The number of pyridine rings is 1. The van der Waals surface area contributed by atoms with Gasteiger partial charge in [-0.2, -0.15) is 5.10 Å². The normalized spacial score (nSPS) is 14.1. The number of nitrogens with two attached hydrogens (primary N) is 1. The van der Waals surface area contributed by atoms with Crippen LogP contribution in [0.3, 0.4) is 0 Å². The Balaban J connectivity index is 2.10. The summed E-state index contributed by atoms with van der Waals surface area (Å²) in [5.41, 5.74) is 7.50. The maximum atomic E-state index is 12.9. The Morgan fingerprint density at radius 2 is 2.04 bits per heavy atom. The van der Waals surface area contributed by atoms with Crippen molar-refractivity contribution >= 4 is 11.9 Å². The van der Waals surface area contributed by atoms with Crippen molar-refractivity contribution < 1.29 is 9.59 Å². The summed E-state index contributed by atoms with van der Waals surface area (Å²) in [6, 6.07) is 3.16. The van der Waals surface area contributed by atoms with Crippen molar-refractivity contribution in [3.8, 4) is 11.3 Å². The Morgan fingerprint density at radius 1 is 1.28 bits per heavy atom. The number of hydrogen-bond donors (Lipinski definition) is 2. The molecule has 1 aliphatic rings. The van der Waals surface area contributed by atoms with E-state index in [0.717, 1.165) is 5.56 Å². The fourth-order valence-corrected chi connectivity index (χ4v) is 2.85. The lowest BCUT2D eigenvalue weighted by Gasteiger charge is -2.27. The van der Waals surface area contributed by atoms with Crippen molar-refractivity contribution in [2.75, 3.05) is 6.54 Å². The van der Waals surface area contributed by atoms with E-state index in [9.17, 15) is 9.59 Å². The van der Waals surface area contributed by atoms with E-state index in [4.69, 9.17) is 5.73 Å². The zero-order valence-electron chi connectivity index (χ0n) is 14.6. The average molecular weight is 342 g/mol. The number of amides is 3. The van der Waals surface area contributed by atoms with Gasteiger partial charge in [0.25, 0.3) is 5.91 Å². The molecular weight excluding hydrogens is 320 g/mol. The number of carbonyl (C=O) groups excluding carboxylic acids is 2. The fourth-order valence-electron chi connectivity index (χ4n) is 2.85. The SMILES string of the molecule is CC(C)(C)NC(=O)c1c(-c2cccnc2)nn2c1CN(C(N)=O)CC2. The van der Waals surface area contributed by atoms with Crippen molar-refractivity contribution in [3.63, 3.8) is 0 Å². The van der Waals surface area contributed by atoms with Crippen LogP contribution in [0.15, 0.2) is 24.5 Å². The van der Waals surface area contributed by atoms with Gasteiger partial charge in [0.2, 0.25) is 0 Å². The summed E-state index contributed by atoms with van der Waals surface area (Å²) in [4.78, 5) is 30.1. The van der Waals surface area contributed by atoms with Gasteiger partial charge in [0.05, 0.1) is 24.3 Å². The second kappa shape index (κ2) is 6.19.